The Balaban J connectivity index is 1.76. The Morgan fingerprint density at radius 3 is 1.70 bits per heavy atom. The Hall–Kier alpha value is -1.19. The van der Waals surface area contributed by atoms with Gasteiger partial charge in [-0.05, 0) is 66.5 Å². The van der Waals surface area contributed by atoms with Crippen LogP contribution in [0, 0.1) is 3.57 Å². The van der Waals surface area contributed by atoms with Gasteiger partial charge in [0, 0.05) is 3.57 Å². The lowest BCUT2D eigenvalue weighted by atomic mass is 9.81. The van der Waals surface area contributed by atoms with Crippen LogP contribution in [-0.2, 0) is 9.59 Å². The first-order valence-corrected chi connectivity index (χ1v) is 10.9. The Bertz CT molecular complexity index is 710. The van der Waals surface area contributed by atoms with Crippen LogP contribution in [0.2, 0.25) is 0 Å². The molecule has 2 aliphatic carbocycles. The maximum atomic E-state index is 12.8. The summed E-state index contributed by atoms with van der Waals surface area (Å²) in [7, 11) is 0. The van der Waals surface area contributed by atoms with Crippen LogP contribution >= 0.6 is 22.6 Å². The molecular weight excluding hydrogens is 455 g/mol. The highest BCUT2D eigenvalue weighted by atomic mass is 127. The molecule has 0 radical (unpaired) electrons. The maximum absolute atomic E-state index is 12.8. The lowest BCUT2D eigenvalue weighted by Crippen LogP contribution is -2.53. The van der Waals surface area contributed by atoms with Gasteiger partial charge in [0.15, 0.2) is 0 Å². The van der Waals surface area contributed by atoms with E-state index in [1.807, 2.05) is 18.2 Å². The van der Waals surface area contributed by atoms with Crippen LogP contribution in [0.15, 0.2) is 18.2 Å². The zero-order valence-corrected chi connectivity index (χ0v) is 17.8. The number of amides is 2. The summed E-state index contributed by atoms with van der Waals surface area (Å²) in [4.78, 5) is 25.6. The van der Waals surface area contributed by atoms with Crippen molar-refractivity contribution in [3.63, 3.8) is 0 Å². The summed E-state index contributed by atoms with van der Waals surface area (Å²) in [5.41, 5.74) is 12.2. The third kappa shape index (κ3) is 4.81. The number of benzene rings is 1. The summed E-state index contributed by atoms with van der Waals surface area (Å²) in [6, 6.07) is 5.56. The van der Waals surface area contributed by atoms with E-state index >= 15 is 0 Å². The smallest absolute Gasteiger partial charge is 0.244 e. The molecule has 3 rings (SSSR count). The molecule has 2 amide bonds. The highest BCUT2D eigenvalue weighted by Gasteiger charge is 2.37. The molecule has 6 nitrogen and oxygen atoms in total. The van der Waals surface area contributed by atoms with Gasteiger partial charge in [-0.2, -0.15) is 0 Å². The fraction of sp³-hybridized carbons (Fsp3) is 0.600. The molecule has 2 aliphatic rings. The molecule has 148 valence electrons. The Morgan fingerprint density at radius 1 is 0.778 bits per heavy atom. The molecule has 1 aromatic rings. The van der Waals surface area contributed by atoms with Crippen molar-refractivity contribution in [3.05, 3.63) is 21.8 Å². The van der Waals surface area contributed by atoms with E-state index in [2.05, 4.69) is 33.2 Å². The van der Waals surface area contributed by atoms with Gasteiger partial charge >= 0.3 is 0 Å². The Morgan fingerprint density at radius 2 is 1.22 bits per heavy atom. The number of nitrogens with one attached hydrogen (secondary N) is 2. The largest absolute Gasteiger partial charge is 0.323 e. The molecule has 1 aromatic carbocycles. The topological polar surface area (TPSA) is 110 Å². The molecular formula is C20H29IN4O2. The van der Waals surface area contributed by atoms with E-state index in [4.69, 9.17) is 11.5 Å². The van der Waals surface area contributed by atoms with Crippen LogP contribution in [0.5, 0.6) is 0 Å². The number of rotatable bonds is 4. The average Bonchev–Trinajstić information content (AvgIpc) is 2.65. The normalized spacial score (nSPS) is 21.3. The molecule has 0 heterocycles. The standard InChI is InChI=1S/C20H29IN4O2/c21-14-7-8-15(24-17(26)19(22)9-3-1-4-10-19)16(13-14)25-18(27)20(23)11-5-2-6-12-20/h7-8,13H,1-6,9-12,22-23H2,(H,24,26)(H,25,27). The summed E-state index contributed by atoms with van der Waals surface area (Å²) >= 11 is 2.19. The van der Waals surface area contributed by atoms with Gasteiger partial charge in [0.1, 0.15) is 0 Å². The van der Waals surface area contributed by atoms with Gasteiger partial charge in [-0.3, -0.25) is 9.59 Å². The Kier molecular flexibility index (Phi) is 6.43. The third-order valence-corrected chi connectivity index (χ3v) is 6.54. The van der Waals surface area contributed by atoms with E-state index in [0.717, 1.165) is 42.1 Å². The van der Waals surface area contributed by atoms with E-state index in [1.54, 1.807) is 0 Å². The molecule has 0 bridgehead atoms. The fourth-order valence-corrected chi connectivity index (χ4v) is 4.53. The molecule has 0 spiro atoms. The van der Waals surface area contributed by atoms with E-state index in [-0.39, 0.29) is 11.8 Å². The van der Waals surface area contributed by atoms with Crippen molar-refractivity contribution in [1.29, 1.82) is 0 Å². The van der Waals surface area contributed by atoms with Crippen LogP contribution in [-0.4, -0.2) is 22.9 Å². The molecule has 0 saturated heterocycles. The first-order chi connectivity index (χ1) is 12.8. The van der Waals surface area contributed by atoms with Crippen molar-refractivity contribution < 1.29 is 9.59 Å². The minimum Gasteiger partial charge on any atom is -0.323 e. The van der Waals surface area contributed by atoms with E-state index < -0.39 is 11.1 Å². The van der Waals surface area contributed by atoms with Crippen LogP contribution in [0.1, 0.15) is 64.2 Å². The van der Waals surface area contributed by atoms with Crippen LogP contribution < -0.4 is 22.1 Å². The quantitative estimate of drug-likeness (QED) is 0.491. The van der Waals surface area contributed by atoms with Crippen LogP contribution in [0.25, 0.3) is 0 Å². The number of carbonyl (C=O) groups excluding carboxylic acids is 2. The zero-order chi connectivity index (χ0) is 19.5. The van der Waals surface area contributed by atoms with Gasteiger partial charge in [0.25, 0.3) is 0 Å². The van der Waals surface area contributed by atoms with Gasteiger partial charge in [-0.1, -0.05) is 38.5 Å². The zero-order valence-electron chi connectivity index (χ0n) is 15.7. The minimum atomic E-state index is -0.834. The second kappa shape index (κ2) is 8.45. The lowest BCUT2D eigenvalue weighted by Gasteiger charge is -2.33. The molecule has 0 aromatic heterocycles. The molecule has 27 heavy (non-hydrogen) atoms. The third-order valence-electron chi connectivity index (χ3n) is 5.87. The van der Waals surface area contributed by atoms with Crippen molar-refractivity contribution >= 4 is 45.8 Å². The van der Waals surface area contributed by atoms with Gasteiger partial charge in [0.2, 0.25) is 11.8 Å². The number of halogens is 1. The first-order valence-electron chi connectivity index (χ1n) is 9.83. The summed E-state index contributed by atoms with van der Waals surface area (Å²) < 4.78 is 0.968. The van der Waals surface area contributed by atoms with Gasteiger partial charge in [0.05, 0.1) is 22.5 Å². The molecule has 2 fully saturated rings. The number of hydrogen-bond donors (Lipinski definition) is 4. The van der Waals surface area contributed by atoms with Crippen LogP contribution in [0.4, 0.5) is 11.4 Å². The number of carbonyl (C=O) groups is 2. The van der Waals surface area contributed by atoms with Crippen molar-refractivity contribution in [1.82, 2.24) is 0 Å². The minimum absolute atomic E-state index is 0.181. The van der Waals surface area contributed by atoms with Crippen molar-refractivity contribution in [2.75, 3.05) is 10.6 Å². The second-order valence-electron chi connectivity index (χ2n) is 8.03. The van der Waals surface area contributed by atoms with Gasteiger partial charge < -0.3 is 22.1 Å². The highest BCUT2D eigenvalue weighted by molar-refractivity contribution is 14.1. The van der Waals surface area contributed by atoms with Crippen LogP contribution in [0.3, 0.4) is 0 Å². The summed E-state index contributed by atoms with van der Waals surface area (Å²) in [6.45, 7) is 0. The van der Waals surface area contributed by atoms with Gasteiger partial charge in [-0.15, -0.1) is 0 Å². The predicted octanol–water partition coefficient (Wildman–Crippen LogP) is 3.49. The predicted molar refractivity (Wildman–Crippen MR) is 116 cm³/mol. The monoisotopic (exact) mass is 484 g/mol. The van der Waals surface area contributed by atoms with E-state index in [1.165, 1.54) is 0 Å². The highest BCUT2D eigenvalue weighted by Crippen LogP contribution is 2.32. The maximum Gasteiger partial charge on any atom is 0.244 e. The van der Waals surface area contributed by atoms with Crippen molar-refractivity contribution in [2.45, 2.75) is 75.3 Å². The molecule has 0 unspecified atom stereocenters. The lowest BCUT2D eigenvalue weighted by molar-refractivity contribution is -0.123. The molecule has 7 heteroatoms. The second-order valence-corrected chi connectivity index (χ2v) is 9.28. The molecule has 0 aliphatic heterocycles. The number of anilines is 2. The fourth-order valence-electron chi connectivity index (χ4n) is 4.04. The molecule has 2 saturated carbocycles. The van der Waals surface area contributed by atoms with E-state index in [9.17, 15) is 9.59 Å². The first kappa shape index (κ1) is 20.5. The molecule has 0 atom stereocenters. The summed E-state index contributed by atoms with van der Waals surface area (Å²) in [5, 5.41) is 5.90. The SMILES string of the molecule is NC1(C(=O)Nc2ccc(I)cc2NC(=O)C2(N)CCCCC2)CCCCC1. The van der Waals surface area contributed by atoms with Gasteiger partial charge in [-0.25, -0.2) is 0 Å². The Labute approximate surface area is 174 Å². The van der Waals surface area contributed by atoms with Crippen molar-refractivity contribution in [2.24, 2.45) is 11.5 Å². The van der Waals surface area contributed by atoms with Crippen molar-refractivity contribution in [3.8, 4) is 0 Å². The molecule has 6 N–H and O–H groups in total. The summed E-state index contributed by atoms with van der Waals surface area (Å²) in [5.74, 6) is -0.362. The number of hydrogen-bond acceptors (Lipinski definition) is 4. The summed E-state index contributed by atoms with van der Waals surface area (Å²) in [6.07, 6.45) is 8.88. The van der Waals surface area contributed by atoms with E-state index in [0.29, 0.717) is 37.1 Å². The number of nitrogens with two attached hydrogens (primary N) is 2. The average molecular weight is 484 g/mol.